The van der Waals surface area contributed by atoms with Crippen LogP contribution in [0, 0.1) is 5.92 Å². The summed E-state index contributed by atoms with van der Waals surface area (Å²) in [6, 6.07) is 7.76. The molecule has 2 rings (SSSR count). The van der Waals surface area contributed by atoms with Crippen LogP contribution >= 0.6 is 11.8 Å². The van der Waals surface area contributed by atoms with Gasteiger partial charge in [-0.25, -0.2) is 0 Å². The first kappa shape index (κ1) is 13.2. The zero-order valence-corrected chi connectivity index (χ0v) is 11.1. The summed E-state index contributed by atoms with van der Waals surface area (Å²) >= 11 is 2.04. The van der Waals surface area contributed by atoms with E-state index in [4.69, 9.17) is 10.9 Å². The Morgan fingerprint density at radius 1 is 1.56 bits per heavy atom. The van der Waals surface area contributed by atoms with Gasteiger partial charge in [-0.1, -0.05) is 23.4 Å². The van der Waals surface area contributed by atoms with E-state index in [1.807, 2.05) is 36.0 Å². The maximum atomic E-state index is 8.64. The number of hydrogen-bond donors (Lipinski definition) is 3. The van der Waals surface area contributed by atoms with Gasteiger partial charge in [0.2, 0.25) is 0 Å². The van der Waals surface area contributed by atoms with Gasteiger partial charge in [-0.3, -0.25) is 0 Å². The molecular formula is C13H19N3OS. The van der Waals surface area contributed by atoms with Gasteiger partial charge < -0.3 is 16.3 Å². The van der Waals surface area contributed by atoms with E-state index in [1.165, 1.54) is 17.9 Å². The minimum absolute atomic E-state index is 0.157. The number of rotatable bonds is 5. The van der Waals surface area contributed by atoms with E-state index in [0.717, 1.165) is 30.1 Å². The molecule has 1 unspecified atom stereocenters. The number of oxime groups is 1. The van der Waals surface area contributed by atoms with Crippen LogP contribution < -0.4 is 11.1 Å². The minimum atomic E-state index is 0.157. The van der Waals surface area contributed by atoms with Crippen LogP contribution in [0.1, 0.15) is 17.5 Å². The molecule has 5 heteroatoms. The number of benzene rings is 1. The number of amidine groups is 1. The van der Waals surface area contributed by atoms with E-state index >= 15 is 0 Å². The summed E-state index contributed by atoms with van der Waals surface area (Å²) in [6.07, 6.45) is 1.32. The van der Waals surface area contributed by atoms with E-state index in [2.05, 4.69) is 10.5 Å². The van der Waals surface area contributed by atoms with Crippen LogP contribution in [0.15, 0.2) is 29.4 Å². The highest BCUT2D eigenvalue weighted by molar-refractivity contribution is 7.99. The number of nitrogens with one attached hydrogen (secondary N) is 1. The molecule has 0 aromatic heterocycles. The quantitative estimate of drug-likeness (QED) is 0.327. The molecular weight excluding hydrogens is 246 g/mol. The molecule has 0 spiro atoms. The fraction of sp³-hybridized carbons (Fsp3) is 0.462. The lowest BCUT2D eigenvalue weighted by Gasteiger charge is -2.10. The van der Waals surface area contributed by atoms with Gasteiger partial charge in [0, 0.05) is 12.1 Å². The summed E-state index contributed by atoms with van der Waals surface area (Å²) in [6.45, 7) is 1.90. The largest absolute Gasteiger partial charge is 0.409 e. The van der Waals surface area contributed by atoms with Gasteiger partial charge in [0.25, 0.3) is 0 Å². The lowest BCUT2D eigenvalue weighted by molar-refractivity contribution is 0.318. The first-order chi connectivity index (χ1) is 8.79. The van der Waals surface area contributed by atoms with Crippen molar-refractivity contribution in [3.8, 4) is 0 Å². The van der Waals surface area contributed by atoms with Gasteiger partial charge in [-0.15, -0.1) is 0 Å². The molecule has 0 aliphatic carbocycles. The zero-order valence-electron chi connectivity index (χ0n) is 10.3. The molecule has 0 bridgehead atoms. The Morgan fingerprint density at radius 2 is 2.44 bits per heavy atom. The van der Waals surface area contributed by atoms with Gasteiger partial charge in [0.1, 0.15) is 0 Å². The molecule has 0 amide bonds. The standard InChI is InChI=1S/C13H19N3OS/c14-13(16-17)12-3-1-2-10(6-12)7-15-8-11-4-5-18-9-11/h1-3,6,11,15,17H,4-5,7-9H2,(H2,14,16). The fourth-order valence-corrected chi connectivity index (χ4v) is 3.35. The van der Waals surface area contributed by atoms with Gasteiger partial charge in [0.15, 0.2) is 5.84 Å². The first-order valence-corrected chi connectivity index (χ1v) is 7.30. The second-order valence-corrected chi connectivity index (χ2v) is 5.70. The molecule has 1 aliphatic rings. The van der Waals surface area contributed by atoms with Gasteiger partial charge in [-0.2, -0.15) is 11.8 Å². The molecule has 1 atom stereocenters. The molecule has 0 saturated carbocycles. The summed E-state index contributed by atoms with van der Waals surface area (Å²) < 4.78 is 0. The number of hydrogen-bond acceptors (Lipinski definition) is 4. The molecule has 4 nitrogen and oxygen atoms in total. The van der Waals surface area contributed by atoms with Crippen molar-refractivity contribution in [1.29, 1.82) is 0 Å². The average molecular weight is 265 g/mol. The molecule has 1 heterocycles. The fourth-order valence-electron chi connectivity index (χ4n) is 2.06. The topological polar surface area (TPSA) is 70.6 Å². The second kappa shape index (κ2) is 6.66. The molecule has 1 aromatic rings. The molecule has 1 saturated heterocycles. The minimum Gasteiger partial charge on any atom is -0.409 e. The van der Waals surface area contributed by atoms with Crippen molar-refractivity contribution in [2.45, 2.75) is 13.0 Å². The molecule has 98 valence electrons. The molecule has 1 aliphatic heterocycles. The van der Waals surface area contributed by atoms with E-state index in [1.54, 1.807) is 0 Å². The molecule has 1 fully saturated rings. The maximum absolute atomic E-state index is 8.64. The van der Waals surface area contributed by atoms with Crippen molar-refractivity contribution in [2.24, 2.45) is 16.8 Å². The highest BCUT2D eigenvalue weighted by Crippen LogP contribution is 2.22. The van der Waals surface area contributed by atoms with Gasteiger partial charge >= 0.3 is 0 Å². The van der Waals surface area contributed by atoms with Crippen LogP contribution in [0.3, 0.4) is 0 Å². The predicted molar refractivity (Wildman–Crippen MR) is 76.1 cm³/mol. The number of nitrogens with two attached hydrogens (primary N) is 1. The predicted octanol–water partition coefficient (Wildman–Crippen LogP) is 1.62. The second-order valence-electron chi connectivity index (χ2n) is 4.55. The summed E-state index contributed by atoms with van der Waals surface area (Å²) in [7, 11) is 0. The van der Waals surface area contributed by atoms with E-state index in [9.17, 15) is 0 Å². The molecule has 4 N–H and O–H groups in total. The Labute approximate surface area is 112 Å². The Kier molecular flexibility index (Phi) is 4.90. The highest BCUT2D eigenvalue weighted by Gasteiger charge is 2.14. The van der Waals surface area contributed by atoms with Crippen molar-refractivity contribution in [1.82, 2.24) is 5.32 Å². The summed E-state index contributed by atoms with van der Waals surface area (Å²) in [4.78, 5) is 0. The van der Waals surface area contributed by atoms with Gasteiger partial charge in [0.05, 0.1) is 0 Å². The Hall–Kier alpha value is -1.20. The summed E-state index contributed by atoms with van der Waals surface area (Å²) in [5.41, 5.74) is 7.48. The lowest BCUT2D eigenvalue weighted by atomic mass is 10.1. The number of thioether (sulfide) groups is 1. The van der Waals surface area contributed by atoms with Crippen molar-refractivity contribution >= 4 is 17.6 Å². The normalized spacial score (nSPS) is 20.2. The van der Waals surface area contributed by atoms with E-state index in [-0.39, 0.29) is 5.84 Å². The van der Waals surface area contributed by atoms with Crippen molar-refractivity contribution in [2.75, 3.05) is 18.1 Å². The van der Waals surface area contributed by atoms with Crippen molar-refractivity contribution < 1.29 is 5.21 Å². The lowest BCUT2D eigenvalue weighted by Crippen LogP contribution is -2.22. The molecule has 0 radical (unpaired) electrons. The smallest absolute Gasteiger partial charge is 0.170 e. The summed E-state index contributed by atoms with van der Waals surface area (Å²) in [5, 5.41) is 15.1. The maximum Gasteiger partial charge on any atom is 0.170 e. The van der Waals surface area contributed by atoms with Crippen molar-refractivity contribution in [3.05, 3.63) is 35.4 Å². The SMILES string of the molecule is N/C(=N/O)c1cccc(CNCC2CCSC2)c1. The molecule has 1 aromatic carbocycles. The third kappa shape index (κ3) is 3.65. The average Bonchev–Trinajstić information content (AvgIpc) is 2.91. The monoisotopic (exact) mass is 265 g/mol. The van der Waals surface area contributed by atoms with E-state index in [0.29, 0.717) is 0 Å². The molecule has 18 heavy (non-hydrogen) atoms. The van der Waals surface area contributed by atoms with E-state index < -0.39 is 0 Å². The van der Waals surface area contributed by atoms with Crippen LogP contribution in [-0.4, -0.2) is 29.1 Å². The Bertz CT molecular complexity index is 416. The van der Waals surface area contributed by atoms with Crippen molar-refractivity contribution in [3.63, 3.8) is 0 Å². The third-order valence-electron chi connectivity index (χ3n) is 3.12. The summed E-state index contributed by atoms with van der Waals surface area (Å²) in [5.74, 6) is 3.54. The van der Waals surface area contributed by atoms with Crippen LogP contribution in [-0.2, 0) is 6.54 Å². The van der Waals surface area contributed by atoms with Gasteiger partial charge in [-0.05, 0) is 42.0 Å². The first-order valence-electron chi connectivity index (χ1n) is 6.15. The highest BCUT2D eigenvalue weighted by atomic mass is 32.2. The van der Waals surface area contributed by atoms with Crippen LogP contribution in [0.4, 0.5) is 0 Å². The van der Waals surface area contributed by atoms with Crippen LogP contribution in [0.25, 0.3) is 0 Å². The Balaban J connectivity index is 1.85. The van der Waals surface area contributed by atoms with Crippen LogP contribution in [0.5, 0.6) is 0 Å². The Morgan fingerprint density at radius 3 is 3.17 bits per heavy atom. The third-order valence-corrected chi connectivity index (χ3v) is 4.35. The zero-order chi connectivity index (χ0) is 12.8. The number of nitrogens with zero attached hydrogens (tertiary/aromatic N) is 1. The van der Waals surface area contributed by atoms with Crippen LogP contribution in [0.2, 0.25) is 0 Å².